The molecule has 1 aliphatic carbocycles. The highest BCUT2D eigenvalue weighted by Crippen LogP contribution is 2.32. The van der Waals surface area contributed by atoms with Crippen molar-refractivity contribution < 1.29 is 4.39 Å². The Morgan fingerprint density at radius 2 is 2.11 bits per heavy atom. The third kappa shape index (κ3) is 4.20. The third-order valence-electron chi connectivity index (χ3n) is 3.64. The minimum Gasteiger partial charge on any atom is -0.371 e. The topological polar surface area (TPSA) is 15.3 Å². The molecule has 1 fully saturated rings. The van der Waals surface area contributed by atoms with E-state index in [-0.39, 0.29) is 5.82 Å². The largest absolute Gasteiger partial charge is 0.371 e. The Morgan fingerprint density at radius 1 is 1.37 bits per heavy atom. The number of benzene rings is 1. The van der Waals surface area contributed by atoms with Gasteiger partial charge in [-0.15, -0.1) is 0 Å². The van der Waals surface area contributed by atoms with Gasteiger partial charge >= 0.3 is 0 Å². The maximum Gasteiger partial charge on any atom is 0.123 e. The van der Waals surface area contributed by atoms with Gasteiger partial charge in [-0.2, -0.15) is 0 Å². The first-order valence-electron chi connectivity index (χ1n) is 7.37. The molecule has 19 heavy (non-hydrogen) atoms. The molecule has 1 aliphatic rings. The van der Waals surface area contributed by atoms with Crippen LogP contribution >= 0.6 is 0 Å². The first-order chi connectivity index (χ1) is 9.10. The van der Waals surface area contributed by atoms with Crippen LogP contribution in [0.1, 0.15) is 39.2 Å². The Morgan fingerprint density at radius 3 is 2.68 bits per heavy atom. The number of hydrogen-bond acceptors (Lipinski definition) is 2. The first-order valence-corrected chi connectivity index (χ1v) is 7.37. The van der Waals surface area contributed by atoms with E-state index >= 15 is 0 Å². The molecule has 0 aliphatic heterocycles. The Bertz CT molecular complexity index is 413. The molecule has 0 amide bonds. The third-order valence-corrected chi connectivity index (χ3v) is 3.64. The number of anilines is 1. The van der Waals surface area contributed by atoms with E-state index in [2.05, 4.69) is 31.0 Å². The summed E-state index contributed by atoms with van der Waals surface area (Å²) in [7, 11) is 0. The van der Waals surface area contributed by atoms with Crippen LogP contribution in [-0.2, 0) is 6.54 Å². The predicted octanol–water partition coefficient (Wildman–Crippen LogP) is 3.56. The van der Waals surface area contributed by atoms with Crippen molar-refractivity contribution in [1.82, 2.24) is 5.32 Å². The monoisotopic (exact) mass is 264 g/mol. The summed E-state index contributed by atoms with van der Waals surface area (Å²) in [5.41, 5.74) is 2.25. The van der Waals surface area contributed by atoms with E-state index in [4.69, 9.17) is 0 Å². The second-order valence-electron chi connectivity index (χ2n) is 5.79. The van der Waals surface area contributed by atoms with E-state index in [1.165, 1.54) is 18.5 Å². The molecule has 0 bridgehead atoms. The Labute approximate surface area is 116 Å². The molecule has 2 nitrogen and oxygen atoms in total. The summed E-state index contributed by atoms with van der Waals surface area (Å²) in [5, 5.41) is 3.38. The van der Waals surface area contributed by atoms with Gasteiger partial charge in [0, 0.05) is 31.4 Å². The van der Waals surface area contributed by atoms with E-state index in [1.807, 2.05) is 6.07 Å². The SMILES string of the molecule is CCN(CC1CC1)c1ccc(F)cc1CNC(C)C. The van der Waals surface area contributed by atoms with Gasteiger partial charge in [-0.25, -0.2) is 4.39 Å². The number of halogens is 1. The summed E-state index contributed by atoms with van der Waals surface area (Å²) in [4.78, 5) is 2.38. The maximum absolute atomic E-state index is 13.5. The van der Waals surface area contributed by atoms with Crippen LogP contribution in [0, 0.1) is 11.7 Å². The quantitative estimate of drug-likeness (QED) is 0.810. The molecule has 0 unspecified atom stereocenters. The van der Waals surface area contributed by atoms with Crippen LogP contribution in [-0.4, -0.2) is 19.1 Å². The lowest BCUT2D eigenvalue weighted by atomic mass is 10.1. The normalized spacial score (nSPS) is 15.0. The summed E-state index contributed by atoms with van der Waals surface area (Å²) in [6, 6.07) is 5.58. The van der Waals surface area contributed by atoms with Crippen molar-refractivity contribution in [2.24, 2.45) is 5.92 Å². The van der Waals surface area contributed by atoms with E-state index in [1.54, 1.807) is 12.1 Å². The van der Waals surface area contributed by atoms with Crippen LogP contribution in [0.15, 0.2) is 18.2 Å². The number of nitrogens with one attached hydrogen (secondary N) is 1. The molecule has 0 saturated heterocycles. The van der Waals surface area contributed by atoms with Crippen molar-refractivity contribution in [2.45, 2.75) is 46.2 Å². The second-order valence-corrected chi connectivity index (χ2v) is 5.79. The predicted molar refractivity (Wildman–Crippen MR) is 79.0 cm³/mol. The van der Waals surface area contributed by atoms with Crippen molar-refractivity contribution in [1.29, 1.82) is 0 Å². The fraction of sp³-hybridized carbons (Fsp3) is 0.625. The molecule has 106 valence electrons. The van der Waals surface area contributed by atoms with Crippen LogP contribution < -0.4 is 10.2 Å². The van der Waals surface area contributed by atoms with E-state index in [0.717, 1.165) is 31.1 Å². The summed E-state index contributed by atoms with van der Waals surface area (Å²) in [6.45, 7) is 9.21. The van der Waals surface area contributed by atoms with Crippen molar-refractivity contribution >= 4 is 5.69 Å². The lowest BCUT2D eigenvalue weighted by Crippen LogP contribution is -2.28. The van der Waals surface area contributed by atoms with Crippen LogP contribution in [0.4, 0.5) is 10.1 Å². The maximum atomic E-state index is 13.5. The van der Waals surface area contributed by atoms with Crippen LogP contribution in [0.3, 0.4) is 0 Å². The second kappa shape index (κ2) is 6.38. The van der Waals surface area contributed by atoms with Gasteiger partial charge in [-0.05, 0) is 49.4 Å². The average Bonchev–Trinajstić information content (AvgIpc) is 3.18. The molecule has 0 atom stereocenters. The van der Waals surface area contributed by atoms with Crippen LogP contribution in [0.25, 0.3) is 0 Å². The van der Waals surface area contributed by atoms with E-state index in [9.17, 15) is 4.39 Å². The van der Waals surface area contributed by atoms with Crippen molar-refractivity contribution in [3.63, 3.8) is 0 Å². The summed E-state index contributed by atoms with van der Waals surface area (Å²) >= 11 is 0. The zero-order chi connectivity index (χ0) is 13.8. The number of hydrogen-bond donors (Lipinski definition) is 1. The van der Waals surface area contributed by atoms with Gasteiger partial charge < -0.3 is 10.2 Å². The van der Waals surface area contributed by atoms with Gasteiger partial charge in [0.15, 0.2) is 0 Å². The van der Waals surface area contributed by atoms with Crippen LogP contribution in [0.5, 0.6) is 0 Å². The molecule has 2 rings (SSSR count). The molecule has 3 heteroatoms. The Hall–Kier alpha value is -1.09. The summed E-state index contributed by atoms with van der Waals surface area (Å²) in [5.74, 6) is 0.697. The molecule has 0 heterocycles. The highest BCUT2D eigenvalue weighted by atomic mass is 19.1. The van der Waals surface area contributed by atoms with Gasteiger partial charge in [0.25, 0.3) is 0 Å². The molecule has 0 aromatic heterocycles. The number of rotatable bonds is 7. The number of nitrogens with zero attached hydrogens (tertiary/aromatic N) is 1. The fourth-order valence-corrected chi connectivity index (χ4v) is 2.33. The van der Waals surface area contributed by atoms with Crippen LogP contribution in [0.2, 0.25) is 0 Å². The molecular formula is C16H25FN2. The molecular weight excluding hydrogens is 239 g/mol. The molecule has 1 aromatic rings. The standard InChI is InChI=1S/C16H25FN2/c1-4-19(11-13-5-6-13)16-8-7-15(17)9-14(16)10-18-12(2)3/h7-9,12-13,18H,4-6,10-11H2,1-3H3. The Kier molecular flexibility index (Phi) is 4.81. The highest BCUT2D eigenvalue weighted by Gasteiger charge is 2.24. The first kappa shape index (κ1) is 14.3. The molecule has 1 aromatic carbocycles. The smallest absolute Gasteiger partial charge is 0.123 e. The minimum atomic E-state index is -0.146. The lowest BCUT2D eigenvalue weighted by molar-refractivity contribution is 0.579. The zero-order valence-electron chi connectivity index (χ0n) is 12.2. The molecule has 0 radical (unpaired) electrons. The summed E-state index contributed by atoms with van der Waals surface area (Å²) in [6.07, 6.45) is 2.69. The van der Waals surface area contributed by atoms with E-state index in [0.29, 0.717) is 6.04 Å². The summed E-state index contributed by atoms with van der Waals surface area (Å²) < 4.78 is 13.5. The van der Waals surface area contributed by atoms with Gasteiger partial charge in [-0.1, -0.05) is 13.8 Å². The Balaban J connectivity index is 2.15. The van der Waals surface area contributed by atoms with Crippen molar-refractivity contribution in [2.75, 3.05) is 18.0 Å². The van der Waals surface area contributed by atoms with Gasteiger partial charge in [-0.3, -0.25) is 0 Å². The average molecular weight is 264 g/mol. The van der Waals surface area contributed by atoms with Crippen molar-refractivity contribution in [3.05, 3.63) is 29.6 Å². The lowest BCUT2D eigenvalue weighted by Gasteiger charge is -2.26. The van der Waals surface area contributed by atoms with Gasteiger partial charge in [0.2, 0.25) is 0 Å². The minimum absolute atomic E-state index is 0.146. The van der Waals surface area contributed by atoms with Gasteiger partial charge in [0.05, 0.1) is 0 Å². The molecule has 0 spiro atoms. The molecule has 1 N–H and O–H groups in total. The zero-order valence-corrected chi connectivity index (χ0v) is 12.2. The molecule has 1 saturated carbocycles. The van der Waals surface area contributed by atoms with E-state index < -0.39 is 0 Å². The van der Waals surface area contributed by atoms with Crippen molar-refractivity contribution in [3.8, 4) is 0 Å². The highest BCUT2D eigenvalue weighted by molar-refractivity contribution is 5.54. The fourth-order valence-electron chi connectivity index (χ4n) is 2.33. The van der Waals surface area contributed by atoms with Gasteiger partial charge in [0.1, 0.15) is 5.82 Å².